The topological polar surface area (TPSA) is 33.2 Å². The normalized spacial score (nSPS) is 11.1. The Morgan fingerprint density at radius 2 is 1.74 bits per heavy atom. The van der Waals surface area contributed by atoms with Crippen molar-refractivity contribution in [1.29, 1.82) is 0 Å². The van der Waals surface area contributed by atoms with E-state index >= 15 is 0 Å². The van der Waals surface area contributed by atoms with Crippen LogP contribution in [0.25, 0.3) is 0 Å². The zero-order valence-corrected chi connectivity index (χ0v) is 12.8. The molecule has 0 saturated carbocycles. The summed E-state index contributed by atoms with van der Waals surface area (Å²) in [5.41, 5.74) is 1.68. The van der Waals surface area contributed by atoms with Crippen LogP contribution in [0, 0.1) is 11.8 Å². The second-order valence-electron chi connectivity index (χ2n) is 5.87. The summed E-state index contributed by atoms with van der Waals surface area (Å²) in [4.78, 5) is 18.2. The number of aromatic nitrogens is 1. The molecule has 0 aromatic carbocycles. The Morgan fingerprint density at radius 1 is 1.16 bits per heavy atom. The third-order valence-electron chi connectivity index (χ3n) is 2.89. The van der Waals surface area contributed by atoms with Crippen molar-refractivity contribution in [2.24, 2.45) is 11.8 Å². The van der Waals surface area contributed by atoms with Crippen LogP contribution in [0.1, 0.15) is 51.5 Å². The van der Waals surface area contributed by atoms with E-state index in [4.69, 9.17) is 0 Å². The summed E-state index contributed by atoms with van der Waals surface area (Å²) in [6, 6.07) is 3.86. The zero-order valence-electron chi connectivity index (χ0n) is 12.8. The van der Waals surface area contributed by atoms with Gasteiger partial charge in [0.2, 0.25) is 0 Å². The first-order chi connectivity index (χ1) is 8.93. The average Bonchev–Trinajstić information content (AvgIpc) is 2.36. The molecule has 106 valence electrons. The minimum atomic E-state index is 0.103. The molecule has 0 bridgehead atoms. The largest absolute Gasteiger partial charge is 0.370 e. The Kier molecular flexibility index (Phi) is 6.00. The highest BCUT2D eigenvalue weighted by Crippen LogP contribution is 2.17. The molecule has 0 saturated heterocycles. The fourth-order valence-corrected chi connectivity index (χ4v) is 2.09. The molecule has 3 heteroatoms. The van der Waals surface area contributed by atoms with Crippen molar-refractivity contribution >= 4 is 11.5 Å². The molecule has 0 amide bonds. The summed E-state index contributed by atoms with van der Waals surface area (Å²) in [6.07, 6.45) is 2.34. The minimum Gasteiger partial charge on any atom is -0.370 e. The van der Waals surface area contributed by atoms with Crippen LogP contribution in [-0.2, 0) is 0 Å². The number of hydrogen-bond donors (Lipinski definition) is 0. The first kappa shape index (κ1) is 15.7. The van der Waals surface area contributed by atoms with Crippen LogP contribution in [0.5, 0.6) is 0 Å². The third kappa shape index (κ3) is 5.01. The van der Waals surface area contributed by atoms with Gasteiger partial charge in [0, 0.05) is 19.5 Å². The van der Waals surface area contributed by atoms with Crippen LogP contribution in [0.3, 0.4) is 0 Å². The van der Waals surface area contributed by atoms with Gasteiger partial charge in [0.05, 0.1) is 11.9 Å². The minimum absolute atomic E-state index is 0.103. The lowest BCUT2D eigenvalue weighted by molar-refractivity contribution is 0.0983. The van der Waals surface area contributed by atoms with Gasteiger partial charge in [-0.25, -0.2) is 0 Å². The van der Waals surface area contributed by atoms with Gasteiger partial charge in [-0.2, -0.15) is 0 Å². The molecule has 19 heavy (non-hydrogen) atoms. The molecule has 0 aliphatic carbocycles. The van der Waals surface area contributed by atoms with Gasteiger partial charge in [0.15, 0.2) is 5.78 Å². The van der Waals surface area contributed by atoms with Gasteiger partial charge in [0.25, 0.3) is 0 Å². The summed E-state index contributed by atoms with van der Waals surface area (Å²) in [7, 11) is 0. The second-order valence-corrected chi connectivity index (χ2v) is 5.87. The molecular weight excluding hydrogens is 236 g/mol. The summed E-state index contributed by atoms with van der Waals surface area (Å²) in [6.45, 7) is 12.8. The number of carbonyl (C=O) groups excluding carboxylic acids is 1. The van der Waals surface area contributed by atoms with Crippen LogP contribution < -0.4 is 4.90 Å². The van der Waals surface area contributed by atoms with E-state index in [2.05, 4.69) is 37.6 Å². The highest BCUT2D eigenvalue weighted by atomic mass is 16.1. The van der Waals surface area contributed by atoms with Crippen LogP contribution >= 0.6 is 0 Å². The fraction of sp³-hybridized carbons (Fsp3) is 0.625. The monoisotopic (exact) mass is 262 g/mol. The predicted molar refractivity (Wildman–Crippen MR) is 80.7 cm³/mol. The van der Waals surface area contributed by atoms with E-state index in [0.29, 0.717) is 24.0 Å². The highest BCUT2D eigenvalue weighted by molar-refractivity contribution is 5.94. The van der Waals surface area contributed by atoms with E-state index < -0.39 is 0 Å². The zero-order chi connectivity index (χ0) is 14.4. The van der Waals surface area contributed by atoms with Crippen LogP contribution in [-0.4, -0.2) is 23.9 Å². The van der Waals surface area contributed by atoms with Gasteiger partial charge in [-0.3, -0.25) is 9.78 Å². The molecule has 1 rings (SSSR count). The first-order valence-corrected chi connectivity index (χ1v) is 7.18. The first-order valence-electron chi connectivity index (χ1n) is 7.18. The Bertz CT molecular complexity index is 386. The number of Topliss-reactive ketones (excluding diaryl/α,β-unsaturated/α-hetero) is 1. The van der Waals surface area contributed by atoms with Crippen molar-refractivity contribution in [1.82, 2.24) is 4.98 Å². The second kappa shape index (κ2) is 7.27. The lowest BCUT2D eigenvalue weighted by Gasteiger charge is -2.28. The molecule has 0 atom stereocenters. The van der Waals surface area contributed by atoms with Crippen LogP contribution in [0.2, 0.25) is 0 Å². The molecule has 0 N–H and O–H groups in total. The molecule has 0 aliphatic rings. The molecule has 3 nitrogen and oxygen atoms in total. The number of ketones is 1. The fourth-order valence-electron chi connectivity index (χ4n) is 2.09. The number of pyridine rings is 1. The predicted octanol–water partition coefficient (Wildman–Crippen LogP) is 3.79. The van der Waals surface area contributed by atoms with Crippen LogP contribution in [0.15, 0.2) is 18.3 Å². The van der Waals surface area contributed by atoms with Gasteiger partial charge in [-0.15, -0.1) is 0 Å². The molecule has 0 aliphatic heterocycles. The summed E-state index contributed by atoms with van der Waals surface area (Å²) in [5, 5.41) is 0. The maximum Gasteiger partial charge on any atom is 0.180 e. The lowest BCUT2D eigenvalue weighted by Crippen LogP contribution is -2.31. The number of carbonyl (C=O) groups is 1. The third-order valence-corrected chi connectivity index (χ3v) is 2.89. The number of anilines is 1. The van der Waals surface area contributed by atoms with Gasteiger partial charge in [-0.05, 0) is 24.0 Å². The van der Waals surface area contributed by atoms with Crippen molar-refractivity contribution in [2.75, 3.05) is 18.0 Å². The maximum atomic E-state index is 11.6. The quantitative estimate of drug-likeness (QED) is 0.701. The molecule has 0 spiro atoms. The number of nitrogens with zero attached hydrogens (tertiary/aromatic N) is 2. The van der Waals surface area contributed by atoms with Crippen molar-refractivity contribution in [3.8, 4) is 0 Å². The Labute approximate surface area is 117 Å². The average molecular weight is 262 g/mol. The van der Waals surface area contributed by atoms with Gasteiger partial charge >= 0.3 is 0 Å². The highest BCUT2D eigenvalue weighted by Gasteiger charge is 2.12. The molecule has 1 heterocycles. The molecule has 0 unspecified atom stereocenters. The van der Waals surface area contributed by atoms with E-state index in [1.807, 2.05) is 25.3 Å². The number of hydrogen-bond acceptors (Lipinski definition) is 3. The Morgan fingerprint density at radius 3 is 2.11 bits per heavy atom. The lowest BCUT2D eigenvalue weighted by atomic mass is 10.1. The number of rotatable bonds is 7. The standard InChI is InChI=1S/C16H26N2O/c1-6-16(19)15-8-7-14(9-17-15)18(10-12(2)3)11-13(4)5/h7-9,12-13H,6,10-11H2,1-5H3. The molecule has 0 radical (unpaired) electrons. The van der Waals surface area contributed by atoms with Crippen molar-refractivity contribution < 1.29 is 4.79 Å². The van der Waals surface area contributed by atoms with Gasteiger partial charge < -0.3 is 4.90 Å². The van der Waals surface area contributed by atoms with E-state index in [-0.39, 0.29) is 5.78 Å². The smallest absolute Gasteiger partial charge is 0.180 e. The molecule has 1 aromatic heterocycles. The van der Waals surface area contributed by atoms with Crippen LogP contribution in [0.4, 0.5) is 5.69 Å². The van der Waals surface area contributed by atoms with Crippen molar-refractivity contribution in [2.45, 2.75) is 41.0 Å². The summed E-state index contributed by atoms with van der Waals surface area (Å²) < 4.78 is 0. The Balaban J connectivity index is 2.87. The Hall–Kier alpha value is -1.38. The van der Waals surface area contributed by atoms with Gasteiger partial charge in [0.1, 0.15) is 5.69 Å². The van der Waals surface area contributed by atoms with Crippen molar-refractivity contribution in [3.05, 3.63) is 24.0 Å². The molecule has 1 aromatic rings. The summed E-state index contributed by atoms with van der Waals surface area (Å²) >= 11 is 0. The molecule has 0 fully saturated rings. The maximum absolute atomic E-state index is 11.6. The van der Waals surface area contributed by atoms with Crippen molar-refractivity contribution in [3.63, 3.8) is 0 Å². The van der Waals surface area contributed by atoms with E-state index in [1.54, 1.807) is 0 Å². The van der Waals surface area contributed by atoms with Gasteiger partial charge in [-0.1, -0.05) is 34.6 Å². The summed E-state index contributed by atoms with van der Waals surface area (Å²) in [5.74, 6) is 1.32. The van der Waals surface area contributed by atoms with E-state index in [0.717, 1.165) is 18.8 Å². The van der Waals surface area contributed by atoms with E-state index in [1.165, 1.54) is 0 Å². The SMILES string of the molecule is CCC(=O)c1ccc(N(CC(C)C)CC(C)C)cn1. The molecular formula is C16H26N2O. The van der Waals surface area contributed by atoms with E-state index in [9.17, 15) is 4.79 Å².